The number of fused-ring (bicyclic) bond motifs is 2. The highest BCUT2D eigenvalue weighted by molar-refractivity contribution is 5.88. The maximum absolute atomic E-state index is 6.82. The first-order valence-corrected chi connectivity index (χ1v) is 12.2. The molecule has 0 aliphatic carbocycles. The van der Waals surface area contributed by atoms with Crippen LogP contribution >= 0.6 is 0 Å². The third-order valence-electron chi connectivity index (χ3n) is 6.96. The van der Waals surface area contributed by atoms with Crippen LogP contribution in [0.15, 0.2) is 77.2 Å². The number of hydrogen-bond donors (Lipinski definition) is 1. The van der Waals surface area contributed by atoms with Crippen molar-refractivity contribution < 1.29 is 4.42 Å². The number of hydrogen-bond acceptors (Lipinski definition) is 1. The minimum Gasteiger partial charge on any atom is -0.460 e. The van der Waals surface area contributed by atoms with Crippen molar-refractivity contribution >= 4 is 21.9 Å². The van der Waals surface area contributed by atoms with Crippen molar-refractivity contribution in [3.05, 3.63) is 107 Å². The lowest BCUT2D eigenvalue weighted by Crippen LogP contribution is -2.16. The zero-order chi connectivity index (χ0) is 24.3. The molecule has 2 nitrogen and oxygen atoms in total. The zero-order valence-corrected chi connectivity index (χ0v) is 21.4. The number of H-pyrrole nitrogens is 1. The molecule has 0 fully saturated rings. The molecule has 3 aromatic carbocycles. The predicted molar refractivity (Wildman–Crippen MR) is 144 cm³/mol. The Morgan fingerprint density at radius 2 is 1.44 bits per heavy atom. The van der Waals surface area contributed by atoms with E-state index in [9.17, 15) is 0 Å². The predicted octanol–water partition coefficient (Wildman–Crippen LogP) is 9.00. The van der Waals surface area contributed by atoms with Crippen molar-refractivity contribution in [2.75, 3.05) is 0 Å². The van der Waals surface area contributed by atoms with Gasteiger partial charge in [-0.2, -0.15) is 0 Å². The Bertz CT molecular complexity index is 1470. The molecule has 1 unspecified atom stereocenters. The first-order chi connectivity index (χ1) is 16.0. The van der Waals surface area contributed by atoms with Crippen LogP contribution in [0.4, 0.5) is 0 Å². The molecule has 5 aromatic rings. The van der Waals surface area contributed by atoms with Gasteiger partial charge in [0.15, 0.2) is 0 Å². The molecule has 34 heavy (non-hydrogen) atoms. The Hall–Kier alpha value is -3.26. The van der Waals surface area contributed by atoms with Crippen molar-refractivity contribution in [3.8, 4) is 0 Å². The van der Waals surface area contributed by atoms with E-state index in [4.69, 9.17) is 4.42 Å². The molecular formula is C32H35NO. The molecule has 0 bridgehead atoms. The van der Waals surface area contributed by atoms with Gasteiger partial charge in [0.25, 0.3) is 0 Å². The summed E-state index contributed by atoms with van der Waals surface area (Å²) in [6.45, 7) is 15.8. The van der Waals surface area contributed by atoms with Crippen LogP contribution in [0.5, 0.6) is 0 Å². The van der Waals surface area contributed by atoms with Crippen LogP contribution < -0.4 is 0 Å². The van der Waals surface area contributed by atoms with E-state index < -0.39 is 0 Å². The molecule has 0 aliphatic heterocycles. The topological polar surface area (TPSA) is 28.9 Å². The number of para-hydroxylation sites is 1. The molecule has 0 amide bonds. The van der Waals surface area contributed by atoms with E-state index in [0.717, 1.165) is 16.9 Å². The molecule has 1 atom stereocenters. The van der Waals surface area contributed by atoms with E-state index in [2.05, 4.69) is 126 Å². The van der Waals surface area contributed by atoms with Crippen molar-refractivity contribution in [1.82, 2.24) is 4.98 Å². The van der Waals surface area contributed by atoms with Crippen LogP contribution in [0.25, 0.3) is 21.9 Å². The molecular weight excluding hydrogens is 414 g/mol. The average molecular weight is 450 g/mol. The van der Waals surface area contributed by atoms with Gasteiger partial charge in [-0.3, -0.25) is 0 Å². The van der Waals surface area contributed by atoms with E-state index in [1.54, 1.807) is 0 Å². The van der Waals surface area contributed by atoms with Crippen LogP contribution in [0, 0.1) is 6.92 Å². The molecule has 0 spiro atoms. The minimum absolute atomic E-state index is 0.00987. The van der Waals surface area contributed by atoms with Gasteiger partial charge in [-0.15, -0.1) is 0 Å². The third kappa shape index (κ3) is 3.86. The number of aromatic nitrogens is 1. The fourth-order valence-electron chi connectivity index (χ4n) is 5.09. The van der Waals surface area contributed by atoms with Crippen molar-refractivity contribution in [2.24, 2.45) is 0 Å². The van der Waals surface area contributed by atoms with Crippen LogP contribution in [0.3, 0.4) is 0 Å². The maximum Gasteiger partial charge on any atom is 0.138 e. The van der Waals surface area contributed by atoms with Crippen molar-refractivity contribution in [3.63, 3.8) is 0 Å². The van der Waals surface area contributed by atoms with Gasteiger partial charge in [-0.05, 0) is 52.6 Å². The molecule has 0 saturated heterocycles. The van der Waals surface area contributed by atoms with E-state index in [1.807, 2.05) is 0 Å². The first-order valence-electron chi connectivity index (χ1n) is 12.2. The lowest BCUT2D eigenvalue weighted by Gasteiger charge is -2.25. The molecule has 0 radical (unpaired) electrons. The summed E-state index contributed by atoms with van der Waals surface area (Å²) in [6.07, 6.45) is 0. The molecule has 1 N–H and O–H groups in total. The number of furan rings is 1. The number of aryl methyl sites for hydroxylation is 1. The molecule has 2 heterocycles. The molecule has 2 heteroatoms. The highest BCUT2D eigenvalue weighted by Gasteiger charge is 2.29. The van der Waals surface area contributed by atoms with Gasteiger partial charge in [-0.25, -0.2) is 0 Å². The Kier molecular flexibility index (Phi) is 5.24. The quantitative estimate of drug-likeness (QED) is 0.292. The zero-order valence-electron chi connectivity index (χ0n) is 21.4. The van der Waals surface area contributed by atoms with E-state index >= 15 is 0 Å². The molecule has 0 saturated carbocycles. The number of nitrogens with one attached hydrogen (secondary N) is 1. The van der Waals surface area contributed by atoms with Gasteiger partial charge >= 0.3 is 0 Å². The molecule has 5 rings (SSSR count). The lowest BCUT2D eigenvalue weighted by molar-refractivity contribution is 0.517. The minimum atomic E-state index is -0.0203. The van der Waals surface area contributed by atoms with Crippen molar-refractivity contribution in [2.45, 2.75) is 65.2 Å². The van der Waals surface area contributed by atoms with E-state index in [1.165, 1.54) is 38.7 Å². The summed E-state index contributed by atoms with van der Waals surface area (Å²) in [4.78, 5) is 3.60. The third-order valence-corrected chi connectivity index (χ3v) is 6.96. The maximum atomic E-state index is 6.82. The summed E-state index contributed by atoms with van der Waals surface area (Å²) < 4.78 is 6.82. The molecule has 174 valence electrons. The van der Waals surface area contributed by atoms with Crippen LogP contribution in [0.1, 0.15) is 81.2 Å². The van der Waals surface area contributed by atoms with Gasteiger partial charge in [0.1, 0.15) is 11.3 Å². The largest absolute Gasteiger partial charge is 0.460 e. The first kappa shape index (κ1) is 22.5. The SMILES string of the molecule is Cc1[nH]c2ccccc2c1C(c1ccccc1)c1cc2cc(C(C)(C)C)cc(C(C)(C)C)c2o1. The monoisotopic (exact) mass is 449 g/mol. The molecule has 0 aliphatic rings. The number of benzene rings is 3. The van der Waals surface area contributed by atoms with Crippen LogP contribution in [-0.2, 0) is 10.8 Å². The number of rotatable bonds is 3. The normalized spacial score (nSPS) is 13.6. The summed E-state index contributed by atoms with van der Waals surface area (Å²) in [5.74, 6) is 1.00. The summed E-state index contributed by atoms with van der Waals surface area (Å²) >= 11 is 0. The Labute approximate surface area is 203 Å². The lowest BCUT2D eigenvalue weighted by atomic mass is 9.79. The smallest absolute Gasteiger partial charge is 0.138 e. The second-order valence-electron chi connectivity index (χ2n) is 11.6. The number of aromatic amines is 1. The summed E-state index contributed by atoms with van der Waals surface area (Å²) in [7, 11) is 0. The van der Waals surface area contributed by atoms with E-state index in [0.29, 0.717) is 0 Å². The van der Waals surface area contributed by atoms with Gasteiger partial charge in [0.05, 0.1) is 5.92 Å². The summed E-state index contributed by atoms with van der Waals surface area (Å²) in [5, 5.41) is 2.44. The summed E-state index contributed by atoms with van der Waals surface area (Å²) in [6, 6.07) is 26.3. The van der Waals surface area contributed by atoms with Gasteiger partial charge < -0.3 is 9.40 Å². The van der Waals surface area contributed by atoms with Gasteiger partial charge in [0, 0.05) is 27.5 Å². The average Bonchev–Trinajstić information content (AvgIpc) is 3.34. The Balaban J connectivity index is 1.81. The highest BCUT2D eigenvalue weighted by atomic mass is 16.3. The Morgan fingerprint density at radius 1 is 0.765 bits per heavy atom. The fourth-order valence-corrected chi connectivity index (χ4v) is 5.09. The second-order valence-corrected chi connectivity index (χ2v) is 11.6. The van der Waals surface area contributed by atoms with E-state index in [-0.39, 0.29) is 16.7 Å². The second kappa shape index (κ2) is 7.91. The highest BCUT2D eigenvalue weighted by Crippen LogP contribution is 2.43. The van der Waals surface area contributed by atoms with Gasteiger partial charge in [0.2, 0.25) is 0 Å². The van der Waals surface area contributed by atoms with Crippen LogP contribution in [0.2, 0.25) is 0 Å². The van der Waals surface area contributed by atoms with Crippen LogP contribution in [-0.4, -0.2) is 4.98 Å². The Morgan fingerprint density at radius 3 is 2.12 bits per heavy atom. The van der Waals surface area contributed by atoms with Gasteiger partial charge in [-0.1, -0.05) is 96.1 Å². The van der Waals surface area contributed by atoms with Crippen molar-refractivity contribution in [1.29, 1.82) is 0 Å². The fraction of sp³-hybridized carbons (Fsp3) is 0.312. The molecule has 2 aromatic heterocycles. The summed E-state index contributed by atoms with van der Waals surface area (Å²) in [5.41, 5.74) is 8.54. The standard InChI is InChI=1S/C32H35NO/c1-20-28(24-15-11-12-16-26(24)33-20)29(21-13-9-8-10-14-21)27-18-22-17-23(31(2,3)4)19-25(30(22)34-27)32(5,6)7/h8-19,29,33H,1-7H3.